The predicted octanol–water partition coefficient (Wildman–Crippen LogP) is 3.13. The van der Waals surface area contributed by atoms with Crippen molar-refractivity contribution in [3.63, 3.8) is 0 Å². The minimum absolute atomic E-state index is 0.303. The van der Waals surface area contributed by atoms with Crippen molar-refractivity contribution in [1.82, 2.24) is 0 Å². The molecule has 0 bridgehead atoms. The molecular formula is C12H17BrN2. The molecule has 1 fully saturated rings. The normalized spacial score (nSPS) is 26.3. The van der Waals surface area contributed by atoms with Crippen LogP contribution in [0.25, 0.3) is 0 Å². The van der Waals surface area contributed by atoms with Crippen LogP contribution in [0, 0.1) is 0 Å². The molecule has 0 saturated heterocycles. The molecule has 1 aromatic rings. The van der Waals surface area contributed by atoms with Crippen LogP contribution in [0.3, 0.4) is 0 Å². The highest BCUT2D eigenvalue weighted by Gasteiger charge is 2.21. The van der Waals surface area contributed by atoms with Gasteiger partial charge >= 0.3 is 0 Å². The molecule has 15 heavy (non-hydrogen) atoms. The van der Waals surface area contributed by atoms with Gasteiger partial charge in [0.15, 0.2) is 0 Å². The topological polar surface area (TPSA) is 38.0 Å². The summed E-state index contributed by atoms with van der Waals surface area (Å²) in [5.41, 5.74) is 7.25. The monoisotopic (exact) mass is 268 g/mol. The molecule has 1 aliphatic carbocycles. The van der Waals surface area contributed by atoms with Gasteiger partial charge in [-0.25, -0.2) is 0 Å². The van der Waals surface area contributed by atoms with Crippen LogP contribution >= 0.6 is 15.9 Å². The van der Waals surface area contributed by atoms with E-state index in [4.69, 9.17) is 5.73 Å². The van der Waals surface area contributed by atoms with Crippen LogP contribution in [-0.2, 0) is 0 Å². The standard InChI is InChI=1S/C12H17BrN2/c13-9-4-3-5-10(8-9)15-12-7-2-1-6-11(12)14/h3-5,8,11-12,15H,1-2,6-7,14H2/t11-,12+/m1/s1. The van der Waals surface area contributed by atoms with Crippen LogP contribution in [0.4, 0.5) is 5.69 Å². The molecule has 0 unspecified atom stereocenters. The molecule has 3 N–H and O–H groups in total. The van der Waals surface area contributed by atoms with Gasteiger partial charge in [0.2, 0.25) is 0 Å². The molecule has 0 spiro atoms. The minimum atomic E-state index is 0.303. The second kappa shape index (κ2) is 4.99. The Hall–Kier alpha value is -0.540. The molecule has 2 nitrogen and oxygen atoms in total. The molecule has 2 rings (SSSR count). The van der Waals surface area contributed by atoms with Crippen LogP contribution in [-0.4, -0.2) is 12.1 Å². The molecule has 82 valence electrons. The van der Waals surface area contributed by atoms with E-state index in [2.05, 4.69) is 33.4 Å². The van der Waals surface area contributed by atoms with Gasteiger partial charge in [0.05, 0.1) is 0 Å². The summed E-state index contributed by atoms with van der Waals surface area (Å²) in [6.45, 7) is 0. The van der Waals surface area contributed by atoms with Gasteiger partial charge in [0.1, 0.15) is 0 Å². The molecule has 0 radical (unpaired) electrons. The van der Waals surface area contributed by atoms with E-state index < -0.39 is 0 Å². The number of nitrogens with two attached hydrogens (primary N) is 1. The Labute approximate surface area is 99.4 Å². The zero-order valence-corrected chi connectivity index (χ0v) is 10.3. The van der Waals surface area contributed by atoms with E-state index in [1.54, 1.807) is 0 Å². The van der Waals surface area contributed by atoms with Crippen molar-refractivity contribution in [2.45, 2.75) is 37.8 Å². The summed E-state index contributed by atoms with van der Waals surface area (Å²) in [5.74, 6) is 0. The van der Waals surface area contributed by atoms with E-state index in [0.29, 0.717) is 12.1 Å². The van der Waals surface area contributed by atoms with Crippen LogP contribution in [0.5, 0.6) is 0 Å². The maximum Gasteiger partial charge on any atom is 0.0412 e. The first-order valence-corrected chi connectivity index (χ1v) is 6.33. The van der Waals surface area contributed by atoms with Crippen molar-refractivity contribution < 1.29 is 0 Å². The van der Waals surface area contributed by atoms with E-state index in [9.17, 15) is 0 Å². The Morgan fingerprint density at radius 3 is 2.80 bits per heavy atom. The first-order chi connectivity index (χ1) is 7.25. The van der Waals surface area contributed by atoms with Crippen molar-refractivity contribution in [2.75, 3.05) is 5.32 Å². The van der Waals surface area contributed by atoms with E-state index in [-0.39, 0.29) is 0 Å². The van der Waals surface area contributed by atoms with Crippen molar-refractivity contribution in [3.8, 4) is 0 Å². The summed E-state index contributed by atoms with van der Waals surface area (Å²) >= 11 is 3.47. The maximum absolute atomic E-state index is 6.09. The van der Waals surface area contributed by atoms with Crippen LogP contribution < -0.4 is 11.1 Å². The molecule has 1 saturated carbocycles. The van der Waals surface area contributed by atoms with Gasteiger partial charge in [-0.3, -0.25) is 0 Å². The zero-order chi connectivity index (χ0) is 10.7. The van der Waals surface area contributed by atoms with Gasteiger partial charge in [0.25, 0.3) is 0 Å². The van der Waals surface area contributed by atoms with Crippen LogP contribution in [0.15, 0.2) is 28.7 Å². The Kier molecular flexibility index (Phi) is 3.65. The fourth-order valence-electron chi connectivity index (χ4n) is 2.13. The van der Waals surface area contributed by atoms with Gasteiger partial charge in [-0.05, 0) is 31.0 Å². The molecule has 1 aliphatic rings. The summed E-state index contributed by atoms with van der Waals surface area (Å²) in [5, 5.41) is 3.52. The number of anilines is 1. The van der Waals surface area contributed by atoms with Gasteiger partial charge in [-0.15, -0.1) is 0 Å². The fourth-order valence-corrected chi connectivity index (χ4v) is 2.53. The number of halogens is 1. The quantitative estimate of drug-likeness (QED) is 0.865. The van der Waals surface area contributed by atoms with Crippen LogP contribution in [0.1, 0.15) is 25.7 Å². The van der Waals surface area contributed by atoms with E-state index >= 15 is 0 Å². The van der Waals surface area contributed by atoms with E-state index in [0.717, 1.165) is 16.6 Å². The van der Waals surface area contributed by atoms with Gasteiger partial charge in [-0.1, -0.05) is 34.8 Å². The number of nitrogens with one attached hydrogen (secondary N) is 1. The molecular weight excluding hydrogens is 252 g/mol. The second-order valence-corrected chi connectivity index (χ2v) is 5.13. The average Bonchev–Trinajstić information content (AvgIpc) is 2.22. The summed E-state index contributed by atoms with van der Waals surface area (Å²) in [4.78, 5) is 0. The summed E-state index contributed by atoms with van der Waals surface area (Å²) in [6, 6.07) is 9.01. The van der Waals surface area contributed by atoms with Crippen molar-refractivity contribution in [3.05, 3.63) is 28.7 Å². The first kappa shape index (κ1) is 11.0. The molecule has 0 aromatic heterocycles. The average molecular weight is 269 g/mol. The van der Waals surface area contributed by atoms with Gasteiger partial charge in [0, 0.05) is 22.2 Å². The van der Waals surface area contributed by atoms with Gasteiger partial charge in [-0.2, -0.15) is 0 Å². The number of hydrogen-bond acceptors (Lipinski definition) is 2. The minimum Gasteiger partial charge on any atom is -0.381 e. The Bertz CT molecular complexity index is 327. The molecule has 2 atom stereocenters. The lowest BCUT2D eigenvalue weighted by Gasteiger charge is -2.30. The highest BCUT2D eigenvalue weighted by molar-refractivity contribution is 9.10. The lowest BCUT2D eigenvalue weighted by Crippen LogP contribution is -2.42. The second-order valence-electron chi connectivity index (χ2n) is 4.21. The van der Waals surface area contributed by atoms with Crippen molar-refractivity contribution >= 4 is 21.6 Å². The Balaban J connectivity index is 2.01. The fraction of sp³-hybridized carbons (Fsp3) is 0.500. The Morgan fingerprint density at radius 1 is 1.27 bits per heavy atom. The van der Waals surface area contributed by atoms with Gasteiger partial charge < -0.3 is 11.1 Å². The van der Waals surface area contributed by atoms with E-state index in [1.807, 2.05) is 12.1 Å². The van der Waals surface area contributed by atoms with Crippen molar-refractivity contribution in [2.24, 2.45) is 5.73 Å². The SMILES string of the molecule is N[C@@H]1CCCC[C@@H]1Nc1cccc(Br)c1. The third kappa shape index (κ3) is 2.95. The zero-order valence-electron chi connectivity index (χ0n) is 8.75. The number of hydrogen-bond donors (Lipinski definition) is 2. The third-order valence-corrected chi connectivity index (χ3v) is 3.49. The maximum atomic E-state index is 6.09. The van der Waals surface area contributed by atoms with Crippen molar-refractivity contribution in [1.29, 1.82) is 0 Å². The summed E-state index contributed by atoms with van der Waals surface area (Å²) in [7, 11) is 0. The number of benzene rings is 1. The molecule has 3 heteroatoms. The highest BCUT2D eigenvalue weighted by Crippen LogP contribution is 2.22. The largest absolute Gasteiger partial charge is 0.381 e. The third-order valence-electron chi connectivity index (χ3n) is 3.00. The molecule has 0 amide bonds. The van der Waals surface area contributed by atoms with Crippen LogP contribution in [0.2, 0.25) is 0 Å². The van der Waals surface area contributed by atoms with E-state index in [1.165, 1.54) is 19.3 Å². The summed E-state index contributed by atoms with van der Waals surface area (Å²) in [6.07, 6.45) is 4.90. The summed E-state index contributed by atoms with van der Waals surface area (Å²) < 4.78 is 1.11. The highest BCUT2D eigenvalue weighted by atomic mass is 79.9. The lowest BCUT2D eigenvalue weighted by molar-refractivity contribution is 0.404. The predicted molar refractivity (Wildman–Crippen MR) is 68.0 cm³/mol. The molecule has 0 heterocycles. The lowest BCUT2D eigenvalue weighted by atomic mass is 9.91. The smallest absolute Gasteiger partial charge is 0.0412 e. The number of rotatable bonds is 2. The first-order valence-electron chi connectivity index (χ1n) is 5.53. The molecule has 1 aromatic carbocycles. The molecule has 0 aliphatic heterocycles. The Morgan fingerprint density at radius 2 is 2.07 bits per heavy atom.